The van der Waals surface area contributed by atoms with Gasteiger partial charge in [0.15, 0.2) is 0 Å². The molecule has 4 rings (SSSR count). The summed E-state index contributed by atoms with van der Waals surface area (Å²) in [7, 11) is 1.77. The van der Waals surface area contributed by atoms with Crippen molar-refractivity contribution in [3.8, 4) is 5.75 Å². The van der Waals surface area contributed by atoms with Crippen LogP contribution in [0.25, 0.3) is 0 Å². The van der Waals surface area contributed by atoms with Crippen LogP contribution in [0.3, 0.4) is 0 Å². The first-order valence-corrected chi connectivity index (χ1v) is 14.8. The number of carbonyl (C=O) groups is 3. The van der Waals surface area contributed by atoms with E-state index in [0.29, 0.717) is 30.1 Å². The normalized spacial score (nSPS) is 23.6. The van der Waals surface area contributed by atoms with Crippen molar-refractivity contribution in [2.45, 2.75) is 96.2 Å². The molecule has 0 saturated heterocycles. The molecule has 0 spiro atoms. The van der Waals surface area contributed by atoms with Crippen LogP contribution in [0.15, 0.2) is 18.2 Å². The van der Waals surface area contributed by atoms with Gasteiger partial charge in [-0.25, -0.2) is 4.79 Å². The van der Waals surface area contributed by atoms with Crippen molar-refractivity contribution < 1.29 is 24.2 Å². The number of nitrogens with zero attached hydrogens (tertiary/aromatic N) is 2. The minimum absolute atomic E-state index is 0.000792. The summed E-state index contributed by atoms with van der Waals surface area (Å²) in [5, 5.41) is 16.1. The highest BCUT2D eigenvalue weighted by molar-refractivity contribution is 6.00. The fourth-order valence-corrected chi connectivity index (χ4v) is 6.01. The molecule has 4 amide bonds. The first-order chi connectivity index (χ1) is 18.8. The quantitative estimate of drug-likeness (QED) is 0.473. The summed E-state index contributed by atoms with van der Waals surface area (Å²) in [5.41, 5.74) is 0.912. The number of ether oxygens (including phenoxy) is 1. The minimum atomic E-state index is -0.389. The fourth-order valence-electron chi connectivity index (χ4n) is 6.01. The Morgan fingerprint density at radius 3 is 2.44 bits per heavy atom. The molecule has 9 nitrogen and oxygen atoms in total. The average Bonchev–Trinajstić information content (AvgIpc) is 2.95. The van der Waals surface area contributed by atoms with E-state index in [2.05, 4.69) is 10.6 Å². The Balaban J connectivity index is 1.53. The van der Waals surface area contributed by atoms with Crippen molar-refractivity contribution in [2.24, 2.45) is 11.8 Å². The Kier molecular flexibility index (Phi) is 10.1. The number of carbonyl (C=O) groups excluding carboxylic acids is 3. The standard InChI is InChI=1S/C30H46N4O5/c1-20-17-34(21(2)19-35)29(37)25-16-24(31-28(36)22-10-6-4-7-11-22)14-15-26(25)39-27(20)18-33(3)30(38)32-23-12-8-5-9-13-23/h14-16,20-23,27,35H,4-13,17-19H2,1-3H3,(H,31,36)(H,32,38)/t20-,21+,27-/m0/s1. The highest BCUT2D eigenvalue weighted by Crippen LogP contribution is 2.32. The van der Waals surface area contributed by atoms with Crippen LogP contribution in [-0.2, 0) is 4.79 Å². The van der Waals surface area contributed by atoms with E-state index in [4.69, 9.17) is 4.74 Å². The number of fused-ring (bicyclic) bond motifs is 1. The molecule has 0 radical (unpaired) electrons. The van der Waals surface area contributed by atoms with E-state index in [9.17, 15) is 19.5 Å². The number of benzene rings is 1. The molecule has 2 fully saturated rings. The van der Waals surface area contributed by atoms with Crippen molar-refractivity contribution in [3.05, 3.63) is 23.8 Å². The molecule has 2 aliphatic carbocycles. The molecule has 216 valence electrons. The van der Waals surface area contributed by atoms with Crippen molar-refractivity contribution in [3.63, 3.8) is 0 Å². The number of aliphatic hydroxyl groups excluding tert-OH is 1. The van der Waals surface area contributed by atoms with Crippen LogP contribution in [-0.4, -0.2) is 77.7 Å². The summed E-state index contributed by atoms with van der Waals surface area (Å²) in [6.45, 7) is 4.39. The Morgan fingerprint density at radius 2 is 1.77 bits per heavy atom. The molecule has 0 aromatic heterocycles. The summed E-state index contributed by atoms with van der Waals surface area (Å²) in [4.78, 5) is 42.8. The van der Waals surface area contributed by atoms with Crippen LogP contribution in [0.4, 0.5) is 10.5 Å². The maximum Gasteiger partial charge on any atom is 0.317 e. The lowest BCUT2D eigenvalue weighted by atomic mass is 9.88. The summed E-state index contributed by atoms with van der Waals surface area (Å²) < 4.78 is 6.42. The summed E-state index contributed by atoms with van der Waals surface area (Å²) in [5.74, 6) is 0.0786. The number of likely N-dealkylation sites (N-methyl/N-ethyl adjacent to an activating group) is 1. The summed E-state index contributed by atoms with van der Waals surface area (Å²) in [6, 6.07) is 4.90. The van der Waals surface area contributed by atoms with E-state index >= 15 is 0 Å². The fraction of sp³-hybridized carbons (Fsp3) is 0.700. The Bertz CT molecular complexity index is 1010. The molecule has 9 heteroatoms. The largest absolute Gasteiger partial charge is 0.487 e. The summed E-state index contributed by atoms with van der Waals surface area (Å²) in [6.07, 6.45) is 10.3. The zero-order valence-electron chi connectivity index (χ0n) is 23.8. The van der Waals surface area contributed by atoms with Gasteiger partial charge < -0.3 is 30.3 Å². The highest BCUT2D eigenvalue weighted by atomic mass is 16.5. The maximum atomic E-state index is 13.7. The number of amides is 4. The van der Waals surface area contributed by atoms with Gasteiger partial charge >= 0.3 is 6.03 Å². The van der Waals surface area contributed by atoms with Crippen LogP contribution < -0.4 is 15.4 Å². The van der Waals surface area contributed by atoms with Gasteiger partial charge in [0, 0.05) is 37.2 Å². The summed E-state index contributed by atoms with van der Waals surface area (Å²) >= 11 is 0. The van der Waals surface area contributed by atoms with Gasteiger partial charge in [0.05, 0.1) is 24.8 Å². The second-order valence-corrected chi connectivity index (χ2v) is 11.8. The number of hydrogen-bond donors (Lipinski definition) is 3. The number of hydrogen-bond acceptors (Lipinski definition) is 5. The minimum Gasteiger partial charge on any atom is -0.487 e. The Hall–Kier alpha value is -2.81. The van der Waals surface area contributed by atoms with Crippen LogP contribution in [0.2, 0.25) is 0 Å². The van der Waals surface area contributed by atoms with E-state index in [0.717, 1.165) is 51.4 Å². The van der Waals surface area contributed by atoms with Gasteiger partial charge in [-0.2, -0.15) is 0 Å². The van der Waals surface area contributed by atoms with Gasteiger partial charge in [0.1, 0.15) is 11.9 Å². The molecule has 1 aliphatic heterocycles. The molecule has 0 bridgehead atoms. The van der Waals surface area contributed by atoms with Crippen molar-refractivity contribution in [1.82, 2.24) is 15.1 Å². The van der Waals surface area contributed by atoms with Gasteiger partial charge in [-0.1, -0.05) is 45.4 Å². The van der Waals surface area contributed by atoms with Gasteiger partial charge in [0.25, 0.3) is 5.91 Å². The zero-order valence-corrected chi connectivity index (χ0v) is 23.8. The zero-order chi connectivity index (χ0) is 27.9. The highest BCUT2D eigenvalue weighted by Gasteiger charge is 2.34. The number of nitrogens with one attached hydrogen (secondary N) is 2. The monoisotopic (exact) mass is 542 g/mol. The molecule has 2 saturated carbocycles. The molecular formula is C30H46N4O5. The lowest BCUT2D eigenvalue weighted by Crippen LogP contribution is -2.52. The van der Waals surface area contributed by atoms with Crippen molar-refractivity contribution in [2.75, 3.05) is 32.1 Å². The van der Waals surface area contributed by atoms with Gasteiger partial charge in [-0.05, 0) is 50.8 Å². The van der Waals surface area contributed by atoms with Crippen LogP contribution in [0.1, 0.15) is 88.4 Å². The van der Waals surface area contributed by atoms with Crippen LogP contribution >= 0.6 is 0 Å². The van der Waals surface area contributed by atoms with E-state index in [1.807, 2.05) is 13.8 Å². The number of urea groups is 1. The first-order valence-electron chi connectivity index (χ1n) is 14.8. The molecule has 3 atom stereocenters. The lowest BCUT2D eigenvalue weighted by molar-refractivity contribution is -0.120. The average molecular weight is 543 g/mol. The van der Waals surface area contributed by atoms with Gasteiger partial charge in [-0.15, -0.1) is 0 Å². The SMILES string of the molecule is C[C@H](CO)N1C[C@H](C)[C@H](CN(C)C(=O)NC2CCCCC2)Oc2ccc(NC(=O)C3CCCCC3)cc2C1=O. The molecule has 1 heterocycles. The van der Waals surface area contributed by atoms with Gasteiger partial charge in [0.2, 0.25) is 5.91 Å². The van der Waals surface area contributed by atoms with Crippen LogP contribution in [0.5, 0.6) is 5.75 Å². The predicted molar refractivity (Wildman–Crippen MR) is 151 cm³/mol. The molecule has 39 heavy (non-hydrogen) atoms. The lowest BCUT2D eigenvalue weighted by Gasteiger charge is -2.38. The van der Waals surface area contributed by atoms with E-state index in [1.54, 1.807) is 35.0 Å². The third-order valence-corrected chi connectivity index (χ3v) is 8.64. The third-order valence-electron chi connectivity index (χ3n) is 8.64. The van der Waals surface area contributed by atoms with E-state index in [-0.39, 0.29) is 54.5 Å². The second kappa shape index (κ2) is 13.5. The van der Waals surface area contributed by atoms with E-state index < -0.39 is 0 Å². The third kappa shape index (κ3) is 7.44. The van der Waals surface area contributed by atoms with Gasteiger partial charge in [-0.3, -0.25) is 9.59 Å². The molecule has 3 N–H and O–H groups in total. The predicted octanol–water partition coefficient (Wildman–Crippen LogP) is 4.40. The Labute approximate surface area is 232 Å². The molecule has 0 unspecified atom stereocenters. The molecule has 3 aliphatic rings. The van der Waals surface area contributed by atoms with Crippen LogP contribution in [0, 0.1) is 11.8 Å². The smallest absolute Gasteiger partial charge is 0.317 e. The molecule has 1 aromatic carbocycles. The van der Waals surface area contributed by atoms with Crippen molar-refractivity contribution in [1.29, 1.82) is 0 Å². The Morgan fingerprint density at radius 1 is 1.10 bits per heavy atom. The second-order valence-electron chi connectivity index (χ2n) is 11.8. The molecule has 1 aromatic rings. The first kappa shape index (κ1) is 29.2. The number of rotatable bonds is 7. The topological polar surface area (TPSA) is 111 Å². The molecular weight excluding hydrogens is 496 g/mol. The number of aliphatic hydroxyl groups is 1. The van der Waals surface area contributed by atoms with E-state index in [1.165, 1.54) is 12.8 Å². The van der Waals surface area contributed by atoms with Crippen molar-refractivity contribution >= 4 is 23.5 Å². The maximum absolute atomic E-state index is 13.7. The number of anilines is 1.